The van der Waals surface area contributed by atoms with Crippen LogP contribution in [0.2, 0.25) is 0 Å². The molecule has 74 valence electrons. The Morgan fingerprint density at radius 3 is 2.93 bits per heavy atom. The van der Waals surface area contributed by atoms with Crippen molar-refractivity contribution in [2.45, 2.75) is 13.0 Å². The van der Waals surface area contributed by atoms with Gasteiger partial charge in [0.15, 0.2) is 0 Å². The van der Waals surface area contributed by atoms with Gasteiger partial charge in [-0.05, 0) is 48.5 Å². The molecule has 0 aliphatic rings. The number of halogens is 1. The highest BCUT2D eigenvalue weighted by molar-refractivity contribution is 9.10. The second-order valence-electron chi connectivity index (χ2n) is 3.34. The molecule has 0 radical (unpaired) electrons. The van der Waals surface area contributed by atoms with Crippen molar-refractivity contribution in [2.24, 2.45) is 0 Å². The molecule has 2 aromatic rings. The van der Waals surface area contributed by atoms with Gasteiger partial charge in [0.05, 0.1) is 0 Å². The topological polar surface area (TPSA) is 12.0 Å². The molecular weight excluding hydrogens is 258 g/mol. The number of benzene rings is 1. The van der Waals surface area contributed by atoms with E-state index in [1.54, 1.807) is 11.3 Å². The first-order valence-corrected chi connectivity index (χ1v) is 6.23. The van der Waals surface area contributed by atoms with Gasteiger partial charge >= 0.3 is 0 Å². The summed E-state index contributed by atoms with van der Waals surface area (Å²) in [5.74, 6) is 0. The van der Waals surface area contributed by atoms with Crippen molar-refractivity contribution in [3.63, 3.8) is 0 Å². The summed E-state index contributed by atoms with van der Waals surface area (Å²) in [5, 5.41) is 6.86. The summed E-state index contributed by atoms with van der Waals surface area (Å²) in [6, 6.07) is 6.86. The number of thiophene rings is 1. The molecule has 14 heavy (non-hydrogen) atoms. The SMILES string of the molecule is CNC(C)c1csc2ccc(Br)cc12. The fourth-order valence-corrected chi connectivity index (χ4v) is 2.91. The van der Waals surface area contributed by atoms with Crippen LogP contribution in [0.4, 0.5) is 0 Å². The maximum absolute atomic E-state index is 3.51. The zero-order valence-electron chi connectivity index (χ0n) is 8.17. The van der Waals surface area contributed by atoms with E-state index >= 15 is 0 Å². The Kier molecular flexibility index (Phi) is 2.91. The molecule has 0 saturated heterocycles. The Morgan fingerprint density at radius 1 is 1.43 bits per heavy atom. The third kappa shape index (κ3) is 1.72. The molecule has 2 rings (SSSR count). The van der Waals surface area contributed by atoms with Gasteiger partial charge in [-0.15, -0.1) is 11.3 Å². The van der Waals surface area contributed by atoms with Crippen LogP contribution in [0.15, 0.2) is 28.1 Å². The van der Waals surface area contributed by atoms with Gasteiger partial charge in [0, 0.05) is 15.2 Å². The smallest absolute Gasteiger partial charge is 0.0346 e. The van der Waals surface area contributed by atoms with Crippen LogP contribution in [0, 0.1) is 0 Å². The molecule has 0 bridgehead atoms. The fraction of sp³-hybridized carbons (Fsp3) is 0.273. The monoisotopic (exact) mass is 269 g/mol. The molecule has 1 atom stereocenters. The summed E-state index contributed by atoms with van der Waals surface area (Å²) < 4.78 is 2.50. The highest BCUT2D eigenvalue weighted by Gasteiger charge is 2.09. The summed E-state index contributed by atoms with van der Waals surface area (Å²) in [5.41, 5.74) is 1.38. The van der Waals surface area contributed by atoms with Crippen LogP contribution in [0.25, 0.3) is 10.1 Å². The van der Waals surface area contributed by atoms with Crippen LogP contribution in [-0.2, 0) is 0 Å². The molecule has 1 unspecified atom stereocenters. The van der Waals surface area contributed by atoms with E-state index in [2.05, 4.69) is 51.7 Å². The summed E-state index contributed by atoms with van der Waals surface area (Å²) >= 11 is 5.31. The minimum absolute atomic E-state index is 0.415. The first kappa shape index (κ1) is 10.1. The molecule has 1 nitrogen and oxygen atoms in total. The van der Waals surface area contributed by atoms with Crippen LogP contribution in [0.1, 0.15) is 18.5 Å². The molecule has 0 spiro atoms. The van der Waals surface area contributed by atoms with E-state index in [1.165, 1.54) is 15.6 Å². The normalized spacial score (nSPS) is 13.4. The maximum atomic E-state index is 3.51. The molecule has 0 saturated carbocycles. The van der Waals surface area contributed by atoms with Crippen molar-refractivity contribution < 1.29 is 0 Å². The van der Waals surface area contributed by atoms with Gasteiger partial charge in [-0.25, -0.2) is 0 Å². The Hall–Kier alpha value is -0.380. The second-order valence-corrected chi connectivity index (χ2v) is 5.17. The number of rotatable bonds is 2. The Labute approximate surface area is 96.3 Å². The van der Waals surface area contributed by atoms with Crippen LogP contribution in [0.5, 0.6) is 0 Å². The summed E-state index contributed by atoms with van der Waals surface area (Å²) in [7, 11) is 1.99. The fourth-order valence-electron chi connectivity index (χ4n) is 1.51. The third-order valence-corrected chi connectivity index (χ3v) is 3.94. The van der Waals surface area contributed by atoms with Crippen LogP contribution < -0.4 is 5.32 Å². The van der Waals surface area contributed by atoms with E-state index in [1.807, 2.05) is 7.05 Å². The van der Waals surface area contributed by atoms with Gasteiger partial charge < -0.3 is 5.32 Å². The number of hydrogen-bond acceptors (Lipinski definition) is 2. The number of fused-ring (bicyclic) bond motifs is 1. The largest absolute Gasteiger partial charge is 0.313 e. The minimum atomic E-state index is 0.415. The van der Waals surface area contributed by atoms with Crippen molar-refractivity contribution in [1.29, 1.82) is 0 Å². The standard InChI is InChI=1S/C11H12BrNS/c1-7(13-2)10-6-14-11-4-3-8(12)5-9(10)11/h3-7,13H,1-2H3. The zero-order chi connectivity index (χ0) is 10.1. The van der Waals surface area contributed by atoms with E-state index in [4.69, 9.17) is 0 Å². The lowest BCUT2D eigenvalue weighted by Gasteiger charge is -2.08. The van der Waals surface area contributed by atoms with E-state index in [0.29, 0.717) is 6.04 Å². The van der Waals surface area contributed by atoms with Gasteiger partial charge in [-0.3, -0.25) is 0 Å². The molecule has 0 fully saturated rings. The third-order valence-electron chi connectivity index (χ3n) is 2.46. The molecule has 1 aromatic carbocycles. The zero-order valence-corrected chi connectivity index (χ0v) is 10.6. The first-order chi connectivity index (χ1) is 6.72. The molecule has 1 N–H and O–H groups in total. The van der Waals surface area contributed by atoms with Crippen molar-refractivity contribution in [1.82, 2.24) is 5.32 Å². The number of nitrogens with one attached hydrogen (secondary N) is 1. The van der Waals surface area contributed by atoms with Crippen LogP contribution >= 0.6 is 27.3 Å². The quantitative estimate of drug-likeness (QED) is 0.871. The highest BCUT2D eigenvalue weighted by atomic mass is 79.9. The molecule has 0 amide bonds. The van der Waals surface area contributed by atoms with E-state index in [0.717, 1.165) is 4.47 Å². The molecule has 3 heteroatoms. The van der Waals surface area contributed by atoms with E-state index in [9.17, 15) is 0 Å². The molecule has 1 heterocycles. The number of hydrogen-bond donors (Lipinski definition) is 1. The lowest BCUT2D eigenvalue weighted by molar-refractivity contribution is 0.659. The lowest BCUT2D eigenvalue weighted by atomic mass is 10.1. The maximum Gasteiger partial charge on any atom is 0.0346 e. The van der Waals surface area contributed by atoms with Gasteiger partial charge in [0.25, 0.3) is 0 Å². The van der Waals surface area contributed by atoms with Gasteiger partial charge in [-0.2, -0.15) is 0 Å². The molecule has 1 aromatic heterocycles. The highest BCUT2D eigenvalue weighted by Crippen LogP contribution is 2.32. The van der Waals surface area contributed by atoms with Crippen molar-refractivity contribution >= 4 is 37.4 Å². The summed E-state index contributed by atoms with van der Waals surface area (Å²) in [4.78, 5) is 0. The first-order valence-electron chi connectivity index (χ1n) is 4.56. The molecular formula is C11H12BrNS. The minimum Gasteiger partial charge on any atom is -0.313 e. The Morgan fingerprint density at radius 2 is 2.21 bits per heavy atom. The van der Waals surface area contributed by atoms with Crippen LogP contribution in [-0.4, -0.2) is 7.05 Å². The average molecular weight is 270 g/mol. The molecule has 0 aliphatic carbocycles. The Balaban J connectivity index is 2.61. The van der Waals surface area contributed by atoms with Gasteiger partial charge in [0.1, 0.15) is 0 Å². The average Bonchev–Trinajstić information content (AvgIpc) is 2.59. The predicted molar refractivity (Wildman–Crippen MR) is 67.0 cm³/mol. The van der Waals surface area contributed by atoms with E-state index in [-0.39, 0.29) is 0 Å². The predicted octanol–water partition coefficient (Wildman–Crippen LogP) is 3.94. The lowest BCUT2D eigenvalue weighted by Crippen LogP contribution is -2.11. The van der Waals surface area contributed by atoms with Crippen molar-refractivity contribution in [3.05, 3.63) is 33.6 Å². The summed E-state index contributed by atoms with van der Waals surface area (Å²) in [6.07, 6.45) is 0. The summed E-state index contributed by atoms with van der Waals surface area (Å²) in [6.45, 7) is 2.18. The van der Waals surface area contributed by atoms with Crippen LogP contribution in [0.3, 0.4) is 0 Å². The molecule has 0 aliphatic heterocycles. The van der Waals surface area contributed by atoms with E-state index < -0.39 is 0 Å². The van der Waals surface area contributed by atoms with Crippen molar-refractivity contribution in [3.8, 4) is 0 Å². The van der Waals surface area contributed by atoms with Crippen molar-refractivity contribution in [2.75, 3.05) is 7.05 Å². The van der Waals surface area contributed by atoms with Gasteiger partial charge in [0.2, 0.25) is 0 Å². The second kappa shape index (κ2) is 4.01. The van der Waals surface area contributed by atoms with Gasteiger partial charge in [-0.1, -0.05) is 15.9 Å². The Bertz CT molecular complexity index is 449.